The zero-order chi connectivity index (χ0) is 18.7. The zero-order valence-electron chi connectivity index (χ0n) is 15.0. The zero-order valence-corrected chi connectivity index (χ0v) is 15.0. The van der Waals surface area contributed by atoms with E-state index in [0.29, 0.717) is 36.1 Å². The molecule has 0 saturated carbocycles. The van der Waals surface area contributed by atoms with Crippen molar-refractivity contribution in [3.8, 4) is 0 Å². The molecular weight excluding hydrogens is 332 g/mol. The van der Waals surface area contributed by atoms with Crippen LogP contribution >= 0.6 is 0 Å². The number of nitrogens with zero attached hydrogens (tertiary/aromatic N) is 3. The van der Waals surface area contributed by atoms with Crippen molar-refractivity contribution in [1.29, 1.82) is 0 Å². The summed E-state index contributed by atoms with van der Waals surface area (Å²) in [4.78, 5) is 30.2. The molecular formula is C19H22N4O3. The SMILES string of the molecule is C=CC(=O)Nc1ccc(C(=O)N2CCC(C)(c3nc(C)no3)CC2)cc1. The summed E-state index contributed by atoms with van der Waals surface area (Å²) < 4.78 is 5.34. The third-order valence-corrected chi connectivity index (χ3v) is 4.78. The van der Waals surface area contributed by atoms with E-state index in [0.717, 1.165) is 12.8 Å². The molecule has 0 spiro atoms. The maximum atomic E-state index is 12.7. The first-order valence-electron chi connectivity index (χ1n) is 8.55. The molecule has 1 aromatic heterocycles. The van der Waals surface area contributed by atoms with Crippen LogP contribution in [0.3, 0.4) is 0 Å². The third-order valence-electron chi connectivity index (χ3n) is 4.78. The van der Waals surface area contributed by atoms with Crippen molar-refractivity contribution in [3.63, 3.8) is 0 Å². The maximum Gasteiger partial charge on any atom is 0.253 e. The van der Waals surface area contributed by atoms with Gasteiger partial charge in [0.05, 0.1) is 5.41 Å². The standard InChI is InChI=1S/C19H22N4O3/c1-4-16(24)21-15-7-5-14(6-8-15)17(25)23-11-9-19(3,10-12-23)18-20-13(2)22-26-18/h4-8H,1,9-12H2,2-3H3,(H,21,24). The number of rotatable bonds is 4. The number of benzene rings is 1. The van der Waals surface area contributed by atoms with Crippen LogP contribution in [0.25, 0.3) is 0 Å². The molecule has 2 amide bonds. The molecule has 3 rings (SSSR count). The van der Waals surface area contributed by atoms with Crippen molar-refractivity contribution in [2.75, 3.05) is 18.4 Å². The number of carbonyl (C=O) groups is 2. The van der Waals surface area contributed by atoms with E-state index in [1.165, 1.54) is 6.08 Å². The number of carbonyl (C=O) groups excluding carboxylic acids is 2. The predicted octanol–water partition coefficient (Wildman–Crippen LogP) is 2.70. The number of piperidine rings is 1. The lowest BCUT2D eigenvalue weighted by atomic mass is 9.80. The molecule has 26 heavy (non-hydrogen) atoms. The Morgan fingerprint density at radius 2 is 1.92 bits per heavy atom. The fraction of sp³-hybridized carbons (Fsp3) is 0.368. The Morgan fingerprint density at radius 1 is 1.27 bits per heavy atom. The Bertz CT molecular complexity index is 818. The molecule has 136 valence electrons. The van der Waals surface area contributed by atoms with Gasteiger partial charge in [0.1, 0.15) is 0 Å². The van der Waals surface area contributed by atoms with Gasteiger partial charge in [0, 0.05) is 24.3 Å². The summed E-state index contributed by atoms with van der Waals surface area (Å²) in [6, 6.07) is 6.86. The molecule has 7 nitrogen and oxygen atoms in total. The molecule has 0 bridgehead atoms. The van der Waals surface area contributed by atoms with Gasteiger partial charge in [0.15, 0.2) is 5.82 Å². The van der Waals surface area contributed by atoms with Gasteiger partial charge in [-0.05, 0) is 50.1 Å². The first-order chi connectivity index (χ1) is 12.4. The summed E-state index contributed by atoms with van der Waals surface area (Å²) in [5, 5.41) is 6.53. The Balaban J connectivity index is 1.63. The first-order valence-corrected chi connectivity index (χ1v) is 8.55. The molecule has 1 aromatic carbocycles. The van der Waals surface area contributed by atoms with Gasteiger partial charge < -0.3 is 14.7 Å². The Kier molecular flexibility index (Phi) is 4.88. The van der Waals surface area contributed by atoms with Gasteiger partial charge in [-0.15, -0.1) is 0 Å². The molecule has 1 N–H and O–H groups in total. The Labute approximate surface area is 152 Å². The van der Waals surface area contributed by atoms with Crippen molar-refractivity contribution >= 4 is 17.5 Å². The normalized spacial score (nSPS) is 16.2. The minimum atomic E-state index is -0.282. The van der Waals surface area contributed by atoms with E-state index >= 15 is 0 Å². The molecule has 1 fully saturated rings. The lowest BCUT2D eigenvalue weighted by molar-refractivity contribution is -0.111. The lowest BCUT2D eigenvalue weighted by Crippen LogP contribution is -2.44. The van der Waals surface area contributed by atoms with Crippen LogP contribution in [0.4, 0.5) is 5.69 Å². The third kappa shape index (κ3) is 3.66. The number of hydrogen-bond donors (Lipinski definition) is 1. The molecule has 1 aliphatic rings. The fourth-order valence-electron chi connectivity index (χ4n) is 3.03. The molecule has 7 heteroatoms. The second kappa shape index (κ2) is 7.11. The van der Waals surface area contributed by atoms with E-state index in [1.54, 1.807) is 31.2 Å². The van der Waals surface area contributed by atoms with Crippen LogP contribution in [0.5, 0.6) is 0 Å². The highest BCUT2D eigenvalue weighted by Gasteiger charge is 2.37. The second-order valence-electron chi connectivity index (χ2n) is 6.77. The molecule has 0 unspecified atom stereocenters. The second-order valence-corrected chi connectivity index (χ2v) is 6.77. The van der Waals surface area contributed by atoms with Gasteiger partial charge in [-0.2, -0.15) is 4.98 Å². The van der Waals surface area contributed by atoms with Crippen LogP contribution in [-0.4, -0.2) is 39.9 Å². The van der Waals surface area contributed by atoms with Crippen molar-refractivity contribution < 1.29 is 14.1 Å². The lowest BCUT2D eigenvalue weighted by Gasteiger charge is -2.37. The van der Waals surface area contributed by atoms with Crippen LogP contribution < -0.4 is 5.32 Å². The molecule has 1 saturated heterocycles. The van der Waals surface area contributed by atoms with Gasteiger partial charge in [-0.3, -0.25) is 9.59 Å². The van der Waals surface area contributed by atoms with Crippen LogP contribution in [0.15, 0.2) is 41.4 Å². The average molecular weight is 354 g/mol. The quantitative estimate of drug-likeness (QED) is 0.853. The topological polar surface area (TPSA) is 88.3 Å². The van der Waals surface area contributed by atoms with Gasteiger partial charge in [0.25, 0.3) is 5.91 Å². The number of hydrogen-bond acceptors (Lipinski definition) is 5. The monoisotopic (exact) mass is 354 g/mol. The summed E-state index contributed by atoms with van der Waals surface area (Å²) in [6.45, 7) is 8.57. The van der Waals surface area contributed by atoms with Crippen LogP contribution in [0, 0.1) is 6.92 Å². The largest absolute Gasteiger partial charge is 0.339 e. The summed E-state index contributed by atoms with van der Waals surface area (Å²) >= 11 is 0. The van der Waals surface area contributed by atoms with Crippen LogP contribution in [0.2, 0.25) is 0 Å². The Hall–Kier alpha value is -2.96. The average Bonchev–Trinajstić information content (AvgIpc) is 3.09. The number of anilines is 1. The van der Waals surface area contributed by atoms with Crippen molar-refractivity contribution in [2.45, 2.75) is 32.1 Å². The number of nitrogens with one attached hydrogen (secondary N) is 1. The number of aryl methyl sites for hydroxylation is 1. The molecule has 0 radical (unpaired) electrons. The summed E-state index contributed by atoms with van der Waals surface area (Å²) in [5.74, 6) is 0.971. The number of aromatic nitrogens is 2. The van der Waals surface area contributed by atoms with Crippen molar-refractivity contribution in [3.05, 3.63) is 54.2 Å². The minimum absolute atomic E-state index is 0.0182. The predicted molar refractivity (Wildman–Crippen MR) is 96.8 cm³/mol. The number of likely N-dealkylation sites (tertiary alicyclic amines) is 1. The Morgan fingerprint density at radius 3 is 2.46 bits per heavy atom. The van der Waals surface area contributed by atoms with Crippen LogP contribution in [0.1, 0.15) is 41.8 Å². The van der Waals surface area contributed by atoms with E-state index in [-0.39, 0.29) is 17.2 Å². The highest BCUT2D eigenvalue weighted by atomic mass is 16.5. The molecule has 0 aliphatic carbocycles. The smallest absolute Gasteiger partial charge is 0.253 e. The van der Waals surface area contributed by atoms with Crippen molar-refractivity contribution in [2.24, 2.45) is 0 Å². The maximum absolute atomic E-state index is 12.7. The van der Waals surface area contributed by atoms with Gasteiger partial charge >= 0.3 is 0 Å². The van der Waals surface area contributed by atoms with Crippen molar-refractivity contribution in [1.82, 2.24) is 15.0 Å². The van der Waals surface area contributed by atoms with E-state index in [9.17, 15) is 9.59 Å². The number of amides is 2. The summed E-state index contributed by atoms with van der Waals surface area (Å²) in [7, 11) is 0. The van der Waals surface area contributed by atoms with E-state index in [4.69, 9.17) is 4.52 Å². The van der Waals surface area contributed by atoms with E-state index < -0.39 is 0 Å². The van der Waals surface area contributed by atoms with Gasteiger partial charge in [-0.25, -0.2) is 0 Å². The van der Waals surface area contributed by atoms with Gasteiger partial charge in [-0.1, -0.05) is 18.7 Å². The summed E-state index contributed by atoms with van der Waals surface area (Å²) in [5.41, 5.74) is 1.03. The van der Waals surface area contributed by atoms with Gasteiger partial charge in [0.2, 0.25) is 11.8 Å². The molecule has 2 heterocycles. The van der Waals surface area contributed by atoms with E-state index in [1.807, 2.05) is 4.90 Å². The van der Waals surface area contributed by atoms with E-state index in [2.05, 4.69) is 29.0 Å². The van der Waals surface area contributed by atoms with Crippen LogP contribution in [-0.2, 0) is 10.2 Å². The first kappa shape index (κ1) is 17.8. The molecule has 1 aliphatic heterocycles. The minimum Gasteiger partial charge on any atom is -0.339 e. The fourth-order valence-corrected chi connectivity index (χ4v) is 3.03. The molecule has 0 atom stereocenters. The highest BCUT2D eigenvalue weighted by Crippen LogP contribution is 2.34. The molecule has 2 aromatic rings. The highest BCUT2D eigenvalue weighted by molar-refractivity contribution is 5.99. The summed E-state index contributed by atoms with van der Waals surface area (Å²) in [6.07, 6.45) is 2.75.